The van der Waals surface area contributed by atoms with Gasteiger partial charge in [0, 0.05) is 18.5 Å². The zero-order valence-corrected chi connectivity index (χ0v) is 12.8. The van der Waals surface area contributed by atoms with E-state index in [2.05, 4.69) is 15.3 Å². The average Bonchev–Trinajstić information content (AvgIpc) is 2.43. The molecule has 0 saturated carbocycles. The Morgan fingerprint density at radius 3 is 2.67 bits per heavy atom. The number of hydrogen-bond donors (Lipinski definition) is 1. The van der Waals surface area contributed by atoms with E-state index in [0.717, 1.165) is 17.9 Å². The van der Waals surface area contributed by atoms with Gasteiger partial charge in [0.2, 0.25) is 5.88 Å². The molecule has 112 valence electrons. The van der Waals surface area contributed by atoms with E-state index in [9.17, 15) is 4.39 Å². The molecule has 1 aromatic heterocycles. The summed E-state index contributed by atoms with van der Waals surface area (Å²) in [5.41, 5.74) is 0.811. The fraction of sp³-hybridized carbons (Fsp3) is 0.375. The number of anilines is 1. The highest BCUT2D eigenvalue weighted by Gasteiger charge is 2.14. The molecule has 0 saturated heterocycles. The van der Waals surface area contributed by atoms with E-state index in [4.69, 9.17) is 4.74 Å². The van der Waals surface area contributed by atoms with Crippen LogP contribution in [0, 0.1) is 12.7 Å². The normalized spacial score (nSPS) is 10.8. The van der Waals surface area contributed by atoms with Crippen LogP contribution in [0.5, 0.6) is 11.6 Å². The van der Waals surface area contributed by atoms with E-state index in [1.807, 2.05) is 27.7 Å². The Bertz CT molecular complexity index is 629. The first-order chi connectivity index (χ1) is 10.0. The number of ether oxygens (including phenoxy) is 1. The van der Waals surface area contributed by atoms with Gasteiger partial charge >= 0.3 is 0 Å². The minimum atomic E-state index is -0.338. The van der Waals surface area contributed by atoms with Gasteiger partial charge in [0.25, 0.3) is 0 Å². The van der Waals surface area contributed by atoms with E-state index < -0.39 is 0 Å². The molecule has 0 atom stereocenters. The quantitative estimate of drug-likeness (QED) is 0.892. The van der Waals surface area contributed by atoms with Crippen molar-refractivity contribution < 1.29 is 9.13 Å². The Morgan fingerprint density at radius 2 is 2.05 bits per heavy atom. The fourth-order valence-electron chi connectivity index (χ4n) is 1.85. The lowest BCUT2D eigenvalue weighted by Gasteiger charge is -2.15. The number of halogens is 1. The number of hydrogen-bond acceptors (Lipinski definition) is 4. The molecule has 0 aliphatic carbocycles. The number of benzene rings is 1. The van der Waals surface area contributed by atoms with Crippen LogP contribution in [-0.4, -0.2) is 16.5 Å². The Hall–Kier alpha value is -2.17. The van der Waals surface area contributed by atoms with Crippen molar-refractivity contribution in [3.05, 3.63) is 41.5 Å². The predicted octanol–water partition coefficient (Wildman–Crippen LogP) is 4.27. The van der Waals surface area contributed by atoms with E-state index in [0.29, 0.717) is 17.5 Å². The van der Waals surface area contributed by atoms with Crippen molar-refractivity contribution in [3.8, 4) is 11.6 Å². The maximum Gasteiger partial charge on any atom is 0.227 e. The summed E-state index contributed by atoms with van der Waals surface area (Å²) in [6.45, 7) is 8.69. The highest BCUT2D eigenvalue weighted by molar-refractivity contribution is 5.49. The third-order valence-electron chi connectivity index (χ3n) is 2.99. The smallest absolute Gasteiger partial charge is 0.227 e. The second kappa shape index (κ2) is 6.52. The molecule has 0 aliphatic rings. The van der Waals surface area contributed by atoms with Crippen molar-refractivity contribution in [2.24, 2.45) is 0 Å². The monoisotopic (exact) mass is 289 g/mol. The minimum Gasteiger partial charge on any atom is -0.438 e. The lowest BCUT2D eigenvalue weighted by Crippen LogP contribution is -2.08. The van der Waals surface area contributed by atoms with E-state index in [1.165, 1.54) is 12.1 Å². The van der Waals surface area contributed by atoms with Crippen molar-refractivity contribution in [2.45, 2.75) is 33.6 Å². The standard InChI is InChI=1S/C16H20FN3O/c1-5-18-15-11(4)16(20-14(19-15)10(2)3)21-13-8-6-7-12(17)9-13/h6-10H,5H2,1-4H3,(H,18,19,20). The predicted molar refractivity (Wildman–Crippen MR) is 81.5 cm³/mol. The lowest BCUT2D eigenvalue weighted by molar-refractivity contribution is 0.449. The van der Waals surface area contributed by atoms with E-state index in [-0.39, 0.29) is 11.7 Å². The molecular weight excluding hydrogens is 269 g/mol. The number of aromatic nitrogens is 2. The van der Waals surface area contributed by atoms with Crippen LogP contribution < -0.4 is 10.1 Å². The van der Waals surface area contributed by atoms with Crippen LogP contribution in [-0.2, 0) is 0 Å². The highest BCUT2D eigenvalue weighted by atomic mass is 19.1. The van der Waals surface area contributed by atoms with Crippen LogP contribution in [0.25, 0.3) is 0 Å². The molecule has 2 rings (SSSR count). The molecule has 0 amide bonds. The van der Waals surface area contributed by atoms with Gasteiger partial charge in [-0.2, -0.15) is 4.98 Å². The summed E-state index contributed by atoms with van der Waals surface area (Å²) in [6, 6.07) is 6.02. The highest BCUT2D eigenvalue weighted by Crippen LogP contribution is 2.29. The molecule has 5 heteroatoms. The van der Waals surface area contributed by atoms with Crippen molar-refractivity contribution >= 4 is 5.82 Å². The van der Waals surface area contributed by atoms with Crippen LogP contribution in [0.4, 0.5) is 10.2 Å². The Morgan fingerprint density at radius 1 is 1.29 bits per heavy atom. The molecule has 4 nitrogen and oxygen atoms in total. The molecule has 0 fully saturated rings. The first-order valence-corrected chi connectivity index (χ1v) is 7.07. The number of nitrogens with one attached hydrogen (secondary N) is 1. The summed E-state index contributed by atoms with van der Waals surface area (Å²) in [5, 5.41) is 3.20. The summed E-state index contributed by atoms with van der Waals surface area (Å²) in [7, 11) is 0. The van der Waals surface area contributed by atoms with Crippen molar-refractivity contribution in [1.82, 2.24) is 9.97 Å². The SMILES string of the molecule is CCNc1nc(C(C)C)nc(Oc2cccc(F)c2)c1C. The van der Waals surface area contributed by atoms with Gasteiger partial charge in [-0.15, -0.1) is 0 Å². The molecule has 1 N–H and O–H groups in total. The molecule has 1 aromatic carbocycles. The summed E-state index contributed by atoms with van der Waals surface area (Å²) >= 11 is 0. The largest absolute Gasteiger partial charge is 0.438 e. The number of rotatable bonds is 5. The molecule has 21 heavy (non-hydrogen) atoms. The first kappa shape index (κ1) is 15.2. The molecule has 0 spiro atoms. The maximum absolute atomic E-state index is 13.3. The van der Waals surface area contributed by atoms with Crippen LogP contribution in [0.2, 0.25) is 0 Å². The van der Waals surface area contributed by atoms with Gasteiger partial charge in [-0.25, -0.2) is 9.37 Å². The van der Waals surface area contributed by atoms with Crippen molar-refractivity contribution in [3.63, 3.8) is 0 Å². The molecule has 0 unspecified atom stereocenters. The third kappa shape index (κ3) is 3.68. The molecule has 0 radical (unpaired) electrons. The van der Waals surface area contributed by atoms with Crippen molar-refractivity contribution in [1.29, 1.82) is 0 Å². The van der Waals surface area contributed by atoms with Crippen LogP contribution in [0.1, 0.15) is 38.1 Å². The summed E-state index contributed by atoms with van der Waals surface area (Å²) in [5.74, 6) is 2.17. The zero-order chi connectivity index (χ0) is 15.4. The van der Waals surface area contributed by atoms with Gasteiger partial charge < -0.3 is 10.1 Å². The maximum atomic E-state index is 13.3. The second-order valence-electron chi connectivity index (χ2n) is 5.11. The molecule has 1 heterocycles. The van der Waals surface area contributed by atoms with Crippen LogP contribution in [0.3, 0.4) is 0 Å². The van der Waals surface area contributed by atoms with Gasteiger partial charge in [0.15, 0.2) is 0 Å². The minimum absolute atomic E-state index is 0.179. The molecule has 0 aliphatic heterocycles. The topological polar surface area (TPSA) is 47.0 Å². The zero-order valence-electron chi connectivity index (χ0n) is 12.8. The Labute approximate surface area is 124 Å². The summed E-state index contributed by atoms with van der Waals surface area (Å²) in [4.78, 5) is 8.95. The Kier molecular flexibility index (Phi) is 4.73. The number of nitrogens with zero attached hydrogens (tertiary/aromatic N) is 2. The van der Waals surface area contributed by atoms with Gasteiger partial charge in [-0.3, -0.25) is 0 Å². The Balaban J connectivity index is 2.41. The lowest BCUT2D eigenvalue weighted by atomic mass is 10.2. The average molecular weight is 289 g/mol. The summed E-state index contributed by atoms with van der Waals surface area (Å²) in [6.07, 6.45) is 0. The van der Waals surface area contributed by atoms with Gasteiger partial charge in [0.05, 0.1) is 5.56 Å². The molecule has 2 aromatic rings. The first-order valence-electron chi connectivity index (χ1n) is 7.07. The fourth-order valence-corrected chi connectivity index (χ4v) is 1.85. The molecular formula is C16H20FN3O. The van der Waals surface area contributed by atoms with E-state index in [1.54, 1.807) is 12.1 Å². The van der Waals surface area contributed by atoms with Crippen LogP contribution >= 0.6 is 0 Å². The van der Waals surface area contributed by atoms with E-state index >= 15 is 0 Å². The third-order valence-corrected chi connectivity index (χ3v) is 2.99. The second-order valence-corrected chi connectivity index (χ2v) is 5.11. The van der Waals surface area contributed by atoms with Crippen LogP contribution in [0.15, 0.2) is 24.3 Å². The van der Waals surface area contributed by atoms with Gasteiger partial charge in [-0.1, -0.05) is 19.9 Å². The summed E-state index contributed by atoms with van der Waals surface area (Å²) < 4.78 is 19.0. The molecule has 0 bridgehead atoms. The van der Waals surface area contributed by atoms with Crippen molar-refractivity contribution in [2.75, 3.05) is 11.9 Å². The van der Waals surface area contributed by atoms with Gasteiger partial charge in [0.1, 0.15) is 23.2 Å². The van der Waals surface area contributed by atoms with Gasteiger partial charge in [-0.05, 0) is 26.0 Å².